The molecular weight excluding hydrogens is 238 g/mol. The zero-order chi connectivity index (χ0) is 14.0. The molecule has 0 unspecified atom stereocenters. The molecule has 1 heterocycles. The van der Waals surface area contributed by atoms with Gasteiger partial charge in [-0.3, -0.25) is 0 Å². The first-order chi connectivity index (χ1) is 9.08. The smallest absolute Gasteiger partial charge is 0.128 e. The molecule has 0 amide bonds. The minimum absolute atomic E-state index is 0.404. The van der Waals surface area contributed by atoms with Gasteiger partial charge >= 0.3 is 0 Å². The lowest BCUT2D eigenvalue weighted by Gasteiger charge is -2.18. The van der Waals surface area contributed by atoms with Crippen LogP contribution in [0.15, 0.2) is 30.3 Å². The minimum atomic E-state index is 0.404. The van der Waals surface area contributed by atoms with E-state index in [-0.39, 0.29) is 0 Å². The summed E-state index contributed by atoms with van der Waals surface area (Å²) in [7, 11) is 3.37. The Morgan fingerprint density at radius 3 is 2.32 bits per heavy atom. The van der Waals surface area contributed by atoms with Crippen LogP contribution in [0.25, 0.3) is 11.3 Å². The first-order valence-electron chi connectivity index (χ1n) is 6.48. The van der Waals surface area contributed by atoms with E-state index in [1.54, 1.807) is 14.2 Å². The summed E-state index contributed by atoms with van der Waals surface area (Å²) in [5, 5.41) is 0. The van der Waals surface area contributed by atoms with Gasteiger partial charge in [-0.15, -0.1) is 0 Å². The molecule has 102 valence electrons. The average molecular weight is 259 g/mol. The normalized spacial score (nSPS) is 10.8. The van der Waals surface area contributed by atoms with Gasteiger partial charge in [0.25, 0.3) is 0 Å². The van der Waals surface area contributed by atoms with Crippen molar-refractivity contribution in [3.8, 4) is 22.8 Å². The van der Waals surface area contributed by atoms with Gasteiger partial charge in [-0.2, -0.15) is 0 Å². The molecule has 0 saturated carbocycles. The second kappa shape index (κ2) is 5.39. The number of aryl methyl sites for hydroxylation is 1. The quantitative estimate of drug-likeness (QED) is 0.826. The molecule has 0 aliphatic rings. The number of methoxy groups -OCH3 is 2. The predicted octanol–water partition coefficient (Wildman–Crippen LogP) is 4.06. The standard InChI is InChI=1S/C16H21NO2/c1-11(2)17-12(3)6-8-15(17)14-10-13(18-4)7-9-16(14)19-5/h6-11H,1-5H3. The monoisotopic (exact) mass is 259 g/mol. The molecule has 2 rings (SSSR count). The van der Waals surface area contributed by atoms with Gasteiger partial charge in [-0.05, 0) is 51.1 Å². The molecule has 0 N–H and O–H groups in total. The number of rotatable bonds is 4. The summed E-state index contributed by atoms with van der Waals surface area (Å²) in [6.45, 7) is 6.49. The topological polar surface area (TPSA) is 23.4 Å². The van der Waals surface area contributed by atoms with Crippen LogP contribution in [0.4, 0.5) is 0 Å². The SMILES string of the molecule is COc1ccc(OC)c(-c2ccc(C)n2C(C)C)c1. The van der Waals surface area contributed by atoms with Crippen molar-refractivity contribution < 1.29 is 9.47 Å². The molecule has 0 fully saturated rings. The Hall–Kier alpha value is -1.90. The van der Waals surface area contributed by atoms with E-state index in [4.69, 9.17) is 9.47 Å². The van der Waals surface area contributed by atoms with Gasteiger partial charge in [-0.1, -0.05) is 0 Å². The van der Waals surface area contributed by atoms with Crippen LogP contribution in [0.3, 0.4) is 0 Å². The molecule has 1 aromatic heterocycles. The maximum atomic E-state index is 5.47. The summed E-state index contributed by atoms with van der Waals surface area (Å²) >= 11 is 0. The first-order valence-corrected chi connectivity index (χ1v) is 6.48. The summed E-state index contributed by atoms with van der Waals surface area (Å²) < 4.78 is 13.1. The number of nitrogens with zero attached hydrogens (tertiary/aromatic N) is 1. The van der Waals surface area contributed by atoms with E-state index in [1.165, 1.54) is 5.69 Å². The molecule has 0 saturated heterocycles. The summed E-state index contributed by atoms with van der Waals surface area (Å²) in [5.74, 6) is 1.70. The van der Waals surface area contributed by atoms with E-state index in [2.05, 4.69) is 37.5 Å². The van der Waals surface area contributed by atoms with Gasteiger partial charge in [0.1, 0.15) is 11.5 Å². The van der Waals surface area contributed by atoms with E-state index in [0.717, 1.165) is 22.8 Å². The Bertz CT molecular complexity index is 570. The second-order valence-corrected chi connectivity index (χ2v) is 4.89. The van der Waals surface area contributed by atoms with Crippen molar-refractivity contribution in [3.05, 3.63) is 36.0 Å². The lowest BCUT2D eigenvalue weighted by molar-refractivity contribution is 0.404. The van der Waals surface area contributed by atoms with Gasteiger partial charge in [0.2, 0.25) is 0 Å². The maximum absolute atomic E-state index is 5.47. The lowest BCUT2D eigenvalue weighted by Crippen LogP contribution is -2.05. The Morgan fingerprint density at radius 1 is 1.00 bits per heavy atom. The van der Waals surface area contributed by atoms with Crippen LogP contribution in [0, 0.1) is 6.92 Å². The third kappa shape index (κ3) is 2.46. The van der Waals surface area contributed by atoms with Crippen LogP contribution in [0.5, 0.6) is 11.5 Å². The molecule has 2 aromatic rings. The van der Waals surface area contributed by atoms with Gasteiger partial charge in [0.05, 0.1) is 19.9 Å². The second-order valence-electron chi connectivity index (χ2n) is 4.89. The Labute approximate surface area is 114 Å². The molecule has 0 bridgehead atoms. The van der Waals surface area contributed by atoms with Crippen molar-refractivity contribution in [3.63, 3.8) is 0 Å². The van der Waals surface area contributed by atoms with Crippen molar-refractivity contribution in [2.75, 3.05) is 14.2 Å². The maximum Gasteiger partial charge on any atom is 0.128 e. The molecule has 0 atom stereocenters. The van der Waals surface area contributed by atoms with Crippen LogP contribution in [-0.4, -0.2) is 18.8 Å². The fourth-order valence-corrected chi connectivity index (χ4v) is 2.47. The highest BCUT2D eigenvalue weighted by atomic mass is 16.5. The van der Waals surface area contributed by atoms with E-state index < -0.39 is 0 Å². The Balaban J connectivity index is 2.63. The summed E-state index contributed by atoms with van der Waals surface area (Å²) in [6, 6.07) is 10.5. The third-order valence-corrected chi connectivity index (χ3v) is 3.32. The van der Waals surface area contributed by atoms with Crippen LogP contribution in [0.2, 0.25) is 0 Å². The summed E-state index contributed by atoms with van der Waals surface area (Å²) in [6.07, 6.45) is 0. The number of hydrogen-bond acceptors (Lipinski definition) is 2. The van der Waals surface area contributed by atoms with Crippen LogP contribution in [-0.2, 0) is 0 Å². The van der Waals surface area contributed by atoms with E-state index >= 15 is 0 Å². The lowest BCUT2D eigenvalue weighted by atomic mass is 10.1. The minimum Gasteiger partial charge on any atom is -0.497 e. The predicted molar refractivity (Wildman–Crippen MR) is 78.1 cm³/mol. The Morgan fingerprint density at radius 2 is 1.74 bits per heavy atom. The fourth-order valence-electron chi connectivity index (χ4n) is 2.47. The van der Waals surface area contributed by atoms with Crippen molar-refractivity contribution in [1.29, 1.82) is 0 Å². The van der Waals surface area contributed by atoms with Gasteiger partial charge in [0, 0.05) is 17.3 Å². The van der Waals surface area contributed by atoms with E-state index in [9.17, 15) is 0 Å². The van der Waals surface area contributed by atoms with Crippen LogP contribution in [0.1, 0.15) is 25.6 Å². The van der Waals surface area contributed by atoms with Crippen LogP contribution < -0.4 is 9.47 Å². The van der Waals surface area contributed by atoms with Crippen molar-refractivity contribution in [1.82, 2.24) is 4.57 Å². The molecule has 3 heteroatoms. The molecule has 0 aliphatic carbocycles. The summed E-state index contributed by atoms with van der Waals surface area (Å²) in [4.78, 5) is 0. The number of aromatic nitrogens is 1. The number of benzene rings is 1. The van der Waals surface area contributed by atoms with E-state index in [1.807, 2.05) is 18.2 Å². The molecule has 0 spiro atoms. The van der Waals surface area contributed by atoms with Crippen molar-refractivity contribution in [2.45, 2.75) is 26.8 Å². The average Bonchev–Trinajstić information content (AvgIpc) is 2.79. The van der Waals surface area contributed by atoms with Crippen molar-refractivity contribution in [2.24, 2.45) is 0 Å². The number of ether oxygens (including phenoxy) is 2. The van der Waals surface area contributed by atoms with Gasteiger partial charge in [-0.25, -0.2) is 0 Å². The van der Waals surface area contributed by atoms with Gasteiger partial charge in [0.15, 0.2) is 0 Å². The van der Waals surface area contributed by atoms with Crippen LogP contribution >= 0.6 is 0 Å². The highest BCUT2D eigenvalue weighted by Crippen LogP contribution is 2.35. The molecular formula is C16H21NO2. The zero-order valence-electron chi connectivity index (χ0n) is 12.2. The largest absolute Gasteiger partial charge is 0.497 e. The Kier molecular flexibility index (Phi) is 3.84. The number of hydrogen-bond donors (Lipinski definition) is 0. The zero-order valence-corrected chi connectivity index (χ0v) is 12.2. The highest BCUT2D eigenvalue weighted by Gasteiger charge is 2.14. The fraction of sp³-hybridized carbons (Fsp3) is 0.375. The molecule has 19 heavy (non-hydrogen) atoms. The third-order valence-electron chi connectivity index (χ3n) is 3.32. The molecule has 0 radical (unpaired) electrons. The highest BCUT2D eigenvalue weighted by molar-refractivity contribution is 5.70. The van der Waals surface area contributed by atoms with Crippen molar-refractivity contribution >= 4 is 0 Å². The molecule has 3 nitrogen and oxygen atoms in total. The molecule has 0 aliphatic heterocycles. The first kappa shape index (κ1) is 13.5. The summed E-state index contributed by atoms with van der Waals surface area (Å²) in [5.41, 5.74) is 3.46. The van der Waals surface area contributed by atoms with E-state index in [0.29, 0.717) is 6.04 Å². The molecule has 1 aromatic carbocycles. The van der Waals surface area contributed by atoms with Gasteiger partial charge < -0.3 is 14.0 Å².